The zero-order chi connectivity index (χ0) is 13.5. The van der Waals surface area contributed by atoms with Crippen molar-refractivity contribution >= 4 is 28.0 Å². The van der Waals surface area contributed by atoms with Crippen LogP contribution in [0.5, 0.6) is 5.75 Å². The normalized spacial score (nSPS) is 10.7. The topological polar surface area (TPSA) is 59.3 Å². The first-order chi connectivity index (χ1) is 8.62. The van der Waals surface area contributed by atoms with Gasteiger partial charge in [-0.2, -0.15) is 5.26 Å². The summed E-state index contributed by atoms with van der Waals surface area (Å²) < 4.78 is 10.8. The third kappa shape index (κ3) is 3.60. The van der Waals surface area contributed by atoms with E-state index in [0.29, 0.717) is 11.3 Å². The van der Waals surface area contributed by atoms with Gasteiger partial charge >= 0.3 is 5.97 Å². The number of ether oxygens (including phenoxy) is 2. The van der Waals surface area contributed by atoms with Gasteiger partial charge in [0.1, 0.15) is 17.4 Å². The Hall–Kier alpha value is -1.80. The average Bonchev–Trinajstić information content (AvgIpc) is 2.36. The Kier molecular flexibility index (Phi) is 5.40. The van der Waals surface area contributed by atoms with Gasteiger partial charge in [-0.05, 0) is 31.2 Å². The fraction of sp³-hybridized carbons (Fsp3) is 0.231. The van der Waals surface area contributed by atoms with E-state index in [4.69, 9.17) is 14.7 Å². The largest absolute Gasteiger partial charge is 0.496 e. The van der Waals surface area contributed by atoms with E-state index in [-0.39, 0.29) is 12.2 Å². The Balaban J connectivity index is 3.17. The molecule has 0 fully saturated rings. The van der Waals surface area contributed by atoms with Gasteiger partial charge in [0.25, 0.3) is 0 Å². The van der Waals surface area contributed by atoms with Crippen LogP contribution < -0.4 is 4.74 Å². The lowest BCUT2D eigenvalue weighted by Crippen LogP contribution is -2.06. The predicted molar refractivity (Wildman–Crippen MR) is 70.9 cm³/mol. The Labute approximate surface area is 114 Å². The summed E-state index contributed by atoms with van der Waals surface area (Å²) in [4.78, 5) is 11.5. The number of nitrogens with zero attached hydrogens (tertiary/aromatic N) is 1. The molecule has 0 aliphatic carbocycles. The molecular formula is C13H12BrNO3. The summed E-state index contributed by atoms with van der Waals surface area (Å²) in [7, 11) is 1.52. The van der Waals surface area contributed by atoms with Gasteiger partial charge in [-0.3, -0.25) is 0 Å². The zero-order valence-electron chi connectivity index (χ0n) is 10.1. The summed E-state index contributed by atoms with van der Waals surface area (Å²) in [5.74, 6) is -0.0581. The van der Waals surface area contributed by atoms with Gasteiger partial charge in [-0.15, -0.1) is 0 Å². The summed E-state index contributed by atoms with van der Waals surface area (Å²) in [6.45, 7) is 1.92. The quantitative estimate of drug-likeness (QED) is 0.487. The van der Waals surface area contributed by atoms with E-state index in [1.807, 2.05) is 12.1 Å². The smallest absolute Gasteiger partial charge is 0.348 e. The number of benzene rings is 1. The molecule has 0 heterocycles. The van der Waals surface area contributed by atoms with E-state index >= 15 is 0 Å². The summed E-state index contributed by atoms with van der Waals surface area (Å²) >= 11 is 3.32. The van der Waals surface area contributed by atoms with Crippen molar-refractivity contribution in [1.29, 1.82) is 5.26 Å². The van der Waals surface area contributed by atoms with Crippen molar-refractivity contribution in [2.45, 2.75) is 6.92 Å². The number of nitriles is 1. The molecule has 1 rings (SSSR count). The van der Waals surface area contributed by atoms with Crippen LogP contribution in [0.2, 0.25) is 0 Å². The predicted octanol–water partition coefficient (Wildman–Crippen LogP) is 2.93. The third-order valence-electron chi connectivity index (χ3n) is 2.11. The molecule has 5 heteroatoms. The van der Waals surface area contributed by atoms with Crippen LogP contribution in [-0.4, -0.2) is 19.7 Å². The van der Waals surface area contributed by atoms with E-state index in [9.17, 15) is 4.79 Å². The molecule has 0 saturated carbocycles. The molecule has 0 unspecified atom stereocenters. The summed E-state index contributed by atoms with van der Waals surface area (Å²) in [6, 6.07) is 7.14. The van der Waals surface area contributed by atoms with Crippen LogP contribution >= 0.6 is 15.9 Å². The number of rotatable bonds is 4. The van der Waals surface area contributed by atoms with Crippen molar-refractivity contribution in [2.75, 3.05) is 13.7 Å². The molecule has 0 bridgehead atoms. The highest BCUT2D eigenvalue weighted by Gasteiger charge is 2.11. The van der Waals surface area contributed by atoms with Gasteiger partial charge in [0.05, 0.1) is 13.7 Å². The Bertz CT molecular complexity index is 517. The number of carbonyl (C=O) groups excluding carboxylic acids is 1. The van der Waals surface area contributed by atoms with Crippen LogP contribution in [0.4, 0.5) is 0 Å². The second-order valence-corrected chi connectivity index (χ2v) is 4.19. The molecule has 0 aromatic heterocycles. The SMILES string of the molecule is CCOC(=O)/C(C#N)=C/c1cc(Br)ccc1OC. The molecule has 0 spiro atoms. The van der Waals surface area contributed by atoms with E-state index in [0.717, 1.165) is 4.47 Å². The second-order valence-electron chi connectivity index (χ2n) is 3.28. The first kappa shape index (κ1) is 14.3. The van der Waals surface area contributed by atoms with Gasteiger partial charge in [0.2, 0.25) is 0 Å². The van der Waals surface area contributed by atoms with Gasteiger partial charge in [-0.1, -0.05) is 15.9 Å². The minimum absolute atomic E-state index is 0.0618. The molecular weight excluding hydrogens is 298 g/mol. The van der Waals surface area contributed by atoms with Gasteiger partial charge in [0, 0.05) is 10.0 Å². The molecule has 0 aliphatic heterocycles. The van der Waals surface area contributed by atoms with Crippen LogP contribution in [-0.2, 0) is 9.53 Å². The monoisotopic (exact) mass is 309 g/mol. The lowest BCUT2D eigenvalue weighted by atomic mass is 10.1. The van der Waals surface area contributed by atoms with Gasteiger partial charge in [-0.25, -0.2) is 4.79 Å². The number of methoxy groups -OCH3 is 1. The summed E-state index contributed by atoms with van der Waals surface area (Å²) in [5, 5.41) is 8.95. The summed E-state index contributed by atoms with van der Waals surface area (Å²) in [5.41, 5.74) is 0.574. The minimum atomic E-state index is -0.637. The number of hydrogen-bond acceptors (Lipinski definition) is 4. The highest BCUT2D eigenvalue weighted by atomic mass is 79.9. The van der Waals surface area contributed by atoms with Crippen LogP contribution in [0.1, 0.15) is 12.5 Å². The maximum absolute atomic E-state index is 11.5. The van der Waals surface area contributed by atoms with E-state index < -0.39 is 5.97 Å². The molecule has 94 valence electrons. The highest BCUT2D eigenvalue weighted by Crippen LogP contribution is 2.25. The first-order valence-corrected chi connectivity index (χ1v) is 6.04. The van der Waals surface area contributed by atoms with E-state index in [2.05, 4.69) is 15.9 Å². The molecule has 1 aromatic carbocycles. The maximum Gasteiger partial charge on any atom is 0.348 e. The number of halogens is 1. The Morgan fingerprint density at radius 3 is 2.83 bits per heavy atom. The average molecular weight is 310 g/mol. The van der Waals surface area contributed by atoms with Crippen molar-refractivity contribution in [1.82, 2.24) is 0 Å². The Morgan fingerprint density at radius 2 is 2.28 bits per heavy atom. The van der Waals surface area contributed by atoms with Gasteiger partial charge in [0.15, 0.2) is 0 Å². The van der Waals surface area contributed by atoms with Crippen molar-refractivity contribution in [3.63, 3.8) is 0 Å². The molecule has 0 aliphatic rings. The molecule has 4 nitrogen and oxygen atoms in total. The number of esters is 1. The lowest BCUT2D eigenvalue weighted by molar-refractivity contribution is -0.137. The number of carbonyl (C=O) groups is 1. The van der Waals surface area contributed by atoms with Crippen molar-refractivity contribution < 1.29 is 14.3 Å². The maximum atomic E-state index is 11.5. The molecule has 0 radical (unpaired) electrons. The van der Waals surface area contributed by atoms with Crippen LogP contribution in [0.15, 0.2) is 28.2 Å². The van der Waals surface area contributed by atoms with E-state index in [1.54, 1.807) is 19.1 Å². The highest BCUT2D eigenvalue weighted by molar-refractivity contribution is 9.10. The molecule has 0 saturated heterocycles. The van der Waals surface area contributed by atoms with Crippen molar-refractivity contribution in [2.24, 2.45) is 0 Å². The van der Waals surface area contributed by atoms with Gasteiger partial charge < -0.3 is 9.47 Å². The van der Waals surface area contributed by atoms with Crippen molar-refractivity contribution in [3.05, 3.63) is 33.8 Å². The molecule has 0 atom stereocenters. The number of hydrogen-bond donors (Lipinski definition) is 0. The standard InChI is InChI=1S/C13H12BrNO3/c1-3-18-13(16)10(8-15)6-9-7-11(14)4-5-12(9)17-2/h4-7H,3H2,1-2H3/b10-6+. The lowest BCUT2D eigenvalue weighted by Gasteiger charge is -2.06. The Morgan fingerprint density at radius 1 is 1.56 bits per heavy atom. The molecule has 0 N–H and O–H groups in total. The molecule has 18 heavy (non-hydrogen) atoms. The van der Waals surface area contributed by atoms with Crippen molar-refractivity contribution in [3.8, 4) is 11.8 Å². The zero-order valence-corrected chi connectivity index (χ0v) is 11.7. The third-order valence-corrected chi connectivity index (χ3v) is 2.60. The van der Waals surface area contributed by atoms with Crippen LogP contribution in [0.25, 0.3) is 6.08 Å². The van der Waals surface area contributed by atoms with Crippen LogP contribution in [0.3, 0.4) is 0 Å². The second kappa shape index (κ2) is 6.82. The first-order valence-electron chi connectivity index (χ1n) is 5.24. The summed E-state index contributed by atoms with van der Waals surface area (Å²) in [6.07, 6.45) is 1.45. The van der Waals surface area contributed by atoms with E-state index in [1.165, 1.54) is 13.2 Å². The molecule has 1 aromatic rings. The fourth-order valence-corrected chi connectivity index (χ4v) is 1.70. The molecule has 0 amide bonds. The minimum Gasteiger partial charge on any atom is -0.496 e. The van der Waals surface area contributed by atoms with Crippen LogP contribution in [0, 0.1) is 11.3 Å². The fourth-order valence-electron chi connectivity index (χ4n) is 1.32.